The van der Waals surface area contributed by atoms with Crippen LogP contribution in [0.2, 0.25) is 0 Å². The lowest BCUT2D eigenvalue weighted by molar-refractivity contribution is -0.395. The molecule has 32 heteroatoms. The predicted molar refractivity (Wildman–Crippen MR) is 283 cm³/mol. The van der Waals surface area contributed by atoms with E-state index in [2.05, 4.69) is 0 Å². The molecule has 0 amide bonds. The topological polar surface area (TPSA) is 449 Å². The molecule has 0 aromatic carbocycles. The molecule has 5 fully saturated rings. The highest BCUT2D eigenvalue weighted by Gasteiger charge is 2.58. The third-order valence-corrected chi connectivity index (χ3v) is 14.5. The van der Waals surface area contributed by atoms with Gasteiger partial charge < -0.3 is 157 Å². The molecule has 5 saturated heterocycles. The molecule has 0 radical (unpaired) electrons. The third-order valence-electron chi connectivity index (χ3n) is 14.5. The molecule has 10 unspecified atom stereocenters. The van der Waals surface area contributed by atoms with E-state index in [0.29, 0.717) is 0 Å². The van der Waals surface area contributed by atoms with Gasteiger partial charge >= 0.3 is 0 Å². The third kappa shape index (κ3) is 20.9. The van der Waals surface area contributed by atoms with E-state index in [9.17, 15) is 71.5 Å². The van der Waals surface area contributed by atoms with E-state index in [4.69, 9.17) is 85.3 Å². The van der Waals surface area contributed by atoms with Gasteiger partial charge in [-0.1, -0.05) is 13.8 Å². The SMILES string of the molecule is CC(C)O[C@@H]1OC(COCCO)[C@@H](OCC2O[C@@H](O[C@H]3C(COCCO)O[C@@H](OC(C)C)[C@@H](OCCO)C3O)[C@@H](O)C(O)[C@H]2O[C@@H]2OC(CO)[C@H](O[C@@H]3OC(COCCO)[C@@H](C(C)C)C(O)[C@@H]3OCCO)C(O)[C@@H]2OCCO)C(O)[C@@H]1OCCO. The van der Waals surface area contributed by atoms with Crippen molar-refractivity contribution in [3.8, 4) is 0 Å². The Balaban J connectivity index is 1.54. The second-order valence-electron chi connectivity index (χ2n) is 21.8. The Kier molecular flexibility index (Phi) is 33.8. The summed E-state index contributed by atoms with van der Waals surface area (Å²) >= 11 is 0. The minimum absolute atomic E-state index is 0.0629. The molecule has 5 aliphatic rings. The molecule has 5 aliphatic heterocycles. The van der Waals surface area contributed by atoms with Crippen LogP contribution in [-0.2, 0) is 85.3 Å². The minimum Gasteiger partial charge on any atom is -0.394 e. The van der Waals surface area contributed by atoms with Crippen LogP contribution in [0.3, 0.4) is 0 Å². The summed E-state index contributed by atoms with van der Waals surface area (Å²) < 4.78 is 109. The summed E-state index contributed by atoms with van der Waals surface area (Å²) in [5, 5.41) is 151. The van der Waals surface area contributed by atoms with Gasteiger partial charge in [-0.15, -0.1) is 0 Å². The van der Waals surface area contributed by atoms with Gasteiger partial charge in [0, 0.05) is 5.92 Å². The largest absolute Gasteiger partial charge is 0.394 e. The normalized spacial score (nSPS) is 39.4. The molecule has 85 heavy (non-hydrogen) atoms. The Morgan fingerprint density at radius 2 is 0.635 bits per heavy atom. The summed E-state index contributed by atoms with van der Waals surface area (Å²) in [7, 11) is 0. The van der Waals surface area contributed by atoms with E-state index < -0.39 is 218 Å². The summed E-state index contributed by atoms with van der Waals surface area (Å²) in [6.45, 7) is 3.29. The van der Waals surface area contributed by atoms with Gasteiger partial charge in [0.1, 0.15) is 104 Å². The molecule has 25 atom stereocenters. The van der Waals surface area contributed by atoms with Gasteiger partial charge in [-0.25, -0.2) is 0 Å². The quantitative estimate of drug-likeness (QED) is 0.0254. The van der Waals surface area contributed by atoms with Crippen LogP contribution in [0.25, 0.3) is 0 Å². The first-order valence-corrected chi connectivity index (χ1v) is 29.2. The first-order valence-electron chi connectivity index (χ1n) is 29.2. The Labute approximate surface area is 494 Å². The number of aliphatic hydroxyl groups excluding tert-OH is 14. The molecule has 0 aliphatic carbocycles. The molecule has 502 valence electrons. The smallest absolute Gasteiger partial charge is 0.187 e. The van der Waals surface area contributed by atoms with E-state index in [1.54, 1.807) is 27.7 Å². The molecule has 0 aromatic rings. The summed E-state index contributed by atoms with van der Waals surface area (Å²) in [5.74, 6) is -0.862. The van der Waals surface area contributed by atoms with Crippen molar-refractivity contribution in [1.29, 1.82) is 0 Å². The van der Waals surface area contributed by atoms with Gasteiger partial charge in [-0.3, -0.25) is 0 Å². The molecule has 5 rings (SSSR count). The van der Waals surface area contributed by atoms with Crippen LogP contribution in [0.5, 0.6) is 0 Å². The zero-order chi connectivity index (χ0) is 62.3. The van der Waals surface area contributed by atoms with Gasteiger partial charge in [0.25, 0.3) is 0 Å². The molecule has 32 nitrogen and oxygen atoms in total. The number of rotatable bonds is 39. The maximum Gasteiger partial charge on any atom is 0.187 e. The zero-order valence-corrected chi connectivity index (χ0v) is 49.2. The summed E-state index contributed by atoms with van der Waals surface area (Å²) in [6, 6.07) is 0. The predicted octanol–water partition coefficient (Wildman–Crippen LogP) is -7.03. The van der Waals surface area contributed by atoms with Crippen molar-refractivity contribution in [2.24, 2.45) is 11.8 Å². The lowest BCUT2D eigenvalue weighted by Gasteiger charge is -2.51. The molecule has 0 spiro atoms. The molecular formula is C53H98O32. The zero-order valence-electron chi connectivity index (χ0n) is 49.2. The second kappa shape index (κ2) is 38.5. The van der Waals surface area contributed by atoms with Crippen LogP contribution in [0.15, 0.2) is 0 Å². The van der Waals surface area contributed by atoms with Crippen molar-refractivity contribution < 1.29 is 157 Å². The van der Waals surface area contributed by atoms with Gasteiger partial charge in [0.15, 0.2) is 31.5 Å². The van der Waals surface area contributed by atoms with E-state index in [0.717, 1.165) is 0 Å². The number of hydrogen-bond acceptors (Lipinski definition) is 32. The molecule has 5 heterocycles. The number of ether oxygens (including phenoxy) is 18. The van der Waals surface area contributed by atoms with Crippen LogP contribution in [0.4, 0.5) is 0 Å². The van der Waals surface area contributed by atoms with Crippen LogP contribution in [-0.4, -0.2) is 357 Å². The van der Waals surface area contributed by atoms with Gasteiger partial charge in [0.2, 0.25) is 0 Å². The Hall–Kier alpha value is -1.28. The van der Waals surface area contributed by atoms with E-state index >= 15 is 0 Å². The van der Waals surface area contributed by atoms with Crippen molar-refractivity contribution in [2.75, 3.05) is 126 Å². The second-order valence-corrected chi connectivity index (χ2v) is 21.8. The Morgan fingerprint density at radius 3 is 1.06 bits per heavy atom. The molecule has 0 aromatic heterocycles. The summed E-state index contributed by atoms with van der Waals surface area (Å²) in [6.07, 6.45) is -38.2. The van der Waals surface area contributed by atoms with Crippen LogP contribution < -0.4 is 0 Å². The lowest BCUT2D eigenvalue weighted by Crippen LogP contribution is -2.68. The molecule has 14 N–H and O–H groups in total. The Morgan fingerprint density at radius 1 is 0.306 bits per heavy atom. The van der Waals surface area contributed by atoms with E-state index in [1.165, 1.54) is 0 Å². The van der Waals surface area contributed by atoms with Crippen molar-refractivity contribution in [3.63, 3.8) is 0 Å². The van der Waals surface area contributed by atoms with Crippen molar-refractivity contribution in [3.05, 3.63) is 0 Å². The van der Waals surface area contributed by atoms with Gasteiger partial charge in [-0.2, -0.15) is 0 Å². The summed E-state index contributed by atoms with van der Waals surface area (Å²) in [4.78, 5) is 0. The molecular weight excluding hydrogens is 1150 g/mol. The summed E-state index contributed by atoms with van der Waals surface area (Å²) in [5.41, 5.74) is 0. The molecule has 0 bridgehead atoms. The highest BCUT2D eigenvalue weighted by molar-refractivity contribution is 5.00. The molecule has 0 saturated carbocycles. The minimum atomic E-state index is -2.12. The fourth-order valence-electron chi connectivity index (χ4n) is 10.8. The van der Waals surface area contributed by atoms with Gasteiger partial charge in [0.05, 0.1) is 150 Å². The van der Waals surface area contributed by atoms with Gasteiger partial charge in [-0.05, 0) is 33.6 Å². The Bertz CT molecular complexity index is 1740. The first-order chi connectivity index (χ1) is 40.8. The average Bonchev–Trinajstić information content (AvgIpc) is 1.77. The highest BCUT2D eigenvalue weighted by atomic mass is 16.8. The van der Waals surface area contributed by atoms with Crippen molar-refractivity contribution in [1.82, 2.24) is 0 Å². The fourth-order valence-corrected chi connectivity index (χ4v) is 10.8. The average molecular weight is 1250 g/mol. The first kappa shape index (κ1) is 74.4. The van der Waals surface area contributed by atoms with Crippen LogP contribution in [0.1, 0.15) is 41.5 Å². The monoisotopic (exact) mass is 1250 g/mol. The van der Waals surface area contributed by atoms with E-state index in [1.807, 2.05) is 13.8 Å². The maximum atomic E-state index is 12.3. The lowest BCUT2D eigenvalue weighted by atomic mass is 9.81. The van der Waals surface area contributed by atoms with Crippen LogP contribution >= 0.6 is 0 Å². The van der Waals surface area contributed by atoms with E-state index in [-0.39, 0.29) is 78.6 Å². The maximum absolute atomic E-state index is 12.3. The number of hydrogen-bond donors (Lipinski definition) is 14. The highest BCUT2D eigenvalue weighted by Crippen LogP contribution is 2.39. The van der Waals surface area contributed by atoms with Crippen LogP contribution in [0, 0.1) is 11.8 Å². The fraction of sp³-hybridized carbons (Fsp3) is 1.00. The van der Waals surface area contributed by atoms with Crippen molar-refractivity contribution >= 4 is 0 Å². The standard InChI is InChI=1S/C53H98O32/c1-26(2)34-30(22-68-14-7-54)79-52(45(35(34)62)71-17-10-57)84-42-29(21-61)78-53(48(39(42)66)74-20-13-60)85-43-33(25-75-41-31(23-69-15-8-55)81-50(76-27(3)4)46(38(41)65)72-18-11-58)80-49(37(64)36(43)63)83-44-32(24-70-16-9-56)82-51(77-28(5)6)47(40(44)67)73-19-12-59/h26-67H,7-25H2,1-6H3/t29?,30?,31?,32?,33?,34-,35?,36?,37+,38?,39?,40?,41-,42+,43+,44+,45+,46+,47+,48+,49+,50-,51-,52+,53+/m1/s1. The van der Waals surface area contributed by atoms with Crippen molar-refractivity contribution in [2.45, 2.75) is 201 Å². The number of aliphatic hydroxyl groups is 14.